The van der Waals surface area contributed by atoms with E-state index in [9.17, 15) is 14.7 Å². The molecule has 1 aliphatic heterocycles. The Morgan fingerprint density at radius 1 is 1.21 bits per heavy atom. The number of aromatic hydroxyl groups is 1. The highest BCUT2D eigenvalue weighted by atomic mass is 16.3. The highest BCUT2D eigenvalue weighted by Crippen LogP contribution is 2.17. The van der Waals surface area contributed by atoms with Crippen LogP contribution in [0.1, 0.15) is 13.8 Å². The lowest BCUT2D eigenvalue weighted by atomic mass is 10.2. The van der Waals surface area contributed by atoms with E-state index in [-0.39, 0.29) is 11.7 Å². The van der Waals surface area contributed by atoms with Crippen LogP contribution in [0, 0.1) is 5.92 Å². The quantitative estimate of drug-likeness (QED) is 0.589. The van der Waals surface area contributed by atoms with Gasteiger partial charge in [0, 0.05) is 12.2 Å². The summed E-state index contributed by atoms with van der Waals surface area (Å²) in [7, 11) is 0. The summed E-state index contributed by atoms with van der Waals surface area (Å²) in [6, 6.07) is 6.73. The largest absolute Gasteiger partial charge is 0.508 e. The fraction of sp³-hybridized carbons (Fsp3) is 0.529. The smallest absolute Gasteiger partial charge is 0.321 e. The van der Waals surface area contributed by atoms with Crippen LogP contribution in [0.2, 0.25) is 0 Å². The minimum Gasteiger partial charge on any atom is -0.508 e. The molecule has 0 saturated carbocycles. The van der Waals surface area contributed by atoms with Crippen molar-refractivity contribution in [2.24, 2.45) is 5.92 Å². The number of hydrogen-bond acceptors (Lipinski definition) is 4. The van der Waals surface area contributed by atoms with Gasteiger partial charge >= 0.3 is 6.03 Å². The Hall–Kier alpha value is -2.28. The highest BCUT2D eigenvalue weighted by Gasteiger charge is 2.23. The van der Waals surface area contributed by atoms with Crippen molar-refractivity contribution in [2.75, 3.05) is 44.2 Å². The molecule has 0 aliphatic carbocycles. The summed E-state index contributed by atoms with van der Waals surface area (Å²) in [5.41, 5.74) is 1.07. The standard InChI is InChI=1S/C17H26N4O3/c1-13(2)11-18-17(24)19-16(23)12-20-7-9-21(10-8-20)14-3-5-15(22)6-4-14/h3-6,13,22H,7-12H2,1-2H3,(H2,18,19,23,24)/p+1. The van der Waals surface area contributed by atoms with E-state index in [1.54, 1.807) is 12.1 Å². The minimum absolute atomic E-state index is 0.246. The molecule has 1 aliphatic rings. The van der Waals surface area contributed by atoms with Gasteiger partial charge in [0.15, 0.2) is 6.54 Å². The maximum absolute atomic E-state index is 11.9. The number of benzene rings is 1. The first kappa shape index (κ1) is 18.1. The third-order valence-corrected chi connectivity index (χ3v) is 4.02. The van der Waals surface area contributed by atoms with Gasteiger partial charge in [-0.2, -0.15) is 0 Å². The summed E-state index contributed by atoms with van der Waals surface area (Å²) in [6.45, 7) is 8.21. The normalized spacial score (nSPS) is 15.4. The lowest BCUT2D eigenvalue weighted by molar-refractivity contribution is -0.892. The first-order chi connectivity index (χ1) is 11.4. The molecule has 1 aromatic rings. The number of nitrogens with one attached hydrogen (secondary N) is 3. The van der Waals surface area contributed by atoms with Gasteiger partial charge in [0.2, 0.25) is 0 Å². The molecule has 1 saturated heterocycles. The van der Waals surface area contributed by atoms with E-state index >= 15 is 0 Å². The zero-order chi connectivity index (χ0) is 17.5. The van der Waals surface area contributed by atoms with Gasteiger partial charge in [0.05, 0.1) is 26.2 Å². The summed E-state index contributed by atoms with van der Waals surface area (Å²) in [4.78, 5) is 26.9. The Balaban J connectivity index is 1.71. The number of carbonyl (C=O) groups is 2. The number of piperazine rings is 1. The zero-order valence-corrected chi connectivity index (χ0v) is 14.3. The molecule has 7 nitrogen and oxygen atoms in total. The Bertz CT molecular complexity index is 551. The van der Waals surface area contributed by atoms with Gasteiger partial charge in [-0.15, -0.1) is 0 Å². The monoisotopic (exact) mass is 335 g/mol. The fourth-order valence-corrected chi connectivity index (χ4v) is 2.66. The molecule has 4 N–H and O–H groups in total. The maximum Gasteiger partial charge on any atom is 0.321 e. The predicted octanol–water partition coefficient (Wildman–Crippen LogP) is -0.421. The van der Waals surface area contributed by atoms with Gasteiger partial charge < -0.3 is 20.2 Å². The molecule has 0 aromatic heterocycles. The third-order valence-electron chi connectivity index (χ3n) is 4.02. The van der Waals surface area contributed by atoms with Crippen molar-refractivity contribution in [2.45, 2.75) is 13.8 Å². The molecule has 0 unspecified atom stereocenters. The molecule has 1 aromatic carbocycles. The van der Waals surface area contributed by atoms with Crippen molar-refractivity contribution in [1.29, 1.82) is 0 Å². The summed E-state index contributed by atoms with van der Waals surface area (Å²) in [5, 5.41) is 14.4. The average molecular weight is 335 g/mol. The molecule has 24 heavy (non-hydrogen) atoms. The van der Waals surface area contributed by atoms with Gasteiger partial charge in [0.1, 0.15) is 5.75 Å². The van der Waals surface area contributed by atoms with Crippen molar-refractivity contribution < 1.29 is 19.6 Å². The van der Waals surface area contributed by atoms with Crippen LogP contribution in [0.25, 0.3) is 0 Å². The summed E-state index contributed by atoms with van der Waals surface area (Å²) in [6.07, 6.45) is 0. The number of anilines is 1. The molecule has 2 rings (SSSR count). The van der Waals surface area contributed by atoms with Crippen molar-refractivity contribution in [3.63, 3.8) is 0 Å². The molecule has 3 amide bonds. The molecule has 0 atom stereocenters. The number of phenols is 1. The van der Waals surface area contributed by atoms with E-state index in [2.05, 4.69) is 15.5 Å². The molecular weight excluding hydrogens is 308 g/mol. The number of carbonyl (C=O) groups excluding carboxylic acids is 2. The lowest BCUT2D eigenvalue weighted by Crippen LogP contribution is -3.16. The number of nitrogens with zero attached hydrogens (tertiary/aromatic N) is 1. The third kappa shape index (κ3) is 5.73. The van der Waals surface area contributed by atoms with Crippen LogP contribution in [-0.4, -0.2) is 56.3 Å². The second kappa shape index (κ2) is 8.54. The molecule has 1 fully saturated rings. The van der Waals surface area contributed by atoms with Crippen molar-refractivity contribution in [1.82, 2.24) is 10.6 Å². The Labute approximate surface area is 142 Å². The SMILES string of the molecule is CC(C)CNC(=O)NC(=O)C[NH+]1CCN(c2ccc(O)cc2)CC1. The highest BCUT2D eigenvalue weighted by molar-refractivity contribution is 5.94. The number of rotatable bonds is 5. The van der Waals surface area contributed by atoms with Gasteiger partial charge in [-0.05, 0) is 30.2 Å². The Kier molecular flexibility index (Phi) is 6.43. The minimum atomic E-state index is -0.421. The fourth-order valence-electron chi connectivity index (χ4n) is 2.66. The summed E-state index contributed by atoms with van der Waals surface area (Å²) < 4.78 is 0. The van der Waals surface area contributed by atoms with E-state index in [0.717, 1.165) is 31.9 Å². The van der Waals surface area contributed by atoms with Crippen molar-refractivity contribution in [3.05, 3.63) is 24.3 Å². The Morgan fingerprint density at radius 2 is 1.83 bits per heavy atom. The summed E-state index contributed by atoms with van der Waals surface area (Å²) in [5.74, 6) is 0.365. The van der Waals surface area contributed by atoms with Crippen LogP contribution in [0.4, 0.5) is 10.5 Å². The number of urea groups is 1. The lowest BCUT2D eigenvalue weighted by Gasteiger charge is -2.33. The van der Waals surface area contributed by atoms with E-state index in [4.69, 9.17) is 0 Å². The van der Waals surface area contributed by atoms with Crippen molar-refractivity contribution in [3.8, 4) is 5.75 Å². The molecular formula is C17H27N4O3+. The maximum atomic E-state index is 11.9. The number of phenolic OH excluding ortho intramolecular Hbond substituents is 1. The van der Waals surface area contributed by atoms with E-state index in [1.165, 1.54) is 4.90 Å². The molecule has 1 heterocycles. The van der Waals surface area contributed by atoms with Crippen molar-refractivity contribution >= 4 is 17.6 Å². The van der Waals surface area contributed by atoms with Gasteiger partial charge in [-0.1, -0.05) is 13.8 Å². The second-order valence-electron chi connectivity index (χ2n) is 6.58. The van der Waals surface area contributed by atoms with Crippen LogP contribution in [0.5, 0.6) is 5.75 Å². The molecule has 0 bridgehead atoms. The Morgan fingerprint density at radius 3 is 2.42 bits per heavy atom. The van der Waals surface area contributed by atoms with E-state index in [1.807, 2.05) is 26.0 Å². The number of imide groups is 1. The van der Waals surface area contributed by atoms with Crippen LogP contribution in [0.15, 0.2) is 24.3 Å². The van der Waals surface area contributed by atoms with Crippen LogP contribution >= 0.6 is 0 Å². The predicted molar refractivity (Wildman–Crippen MR) is 92.3 cm³/mol. The van der Waals surface area contributed by atoms with Crippen LogP contribution in [-0.2, 0) is 4.79 Å². The van der Waals surface area contributed by atoms with Crippen LogP contribution in [0.3, 0.4) is 0 Å². The number of amides is 3. The number of quaternary nitrogens is 1. The van der Waals surface area contributed by atoms with Crippen LogP contribution < -0.4 is 20.4 Å². The molecule has 0 radical (unpaired) electrons. The molecule has 7 heteroatoms. The molecule has 0 spiro atoms. The van der Waals surface area contributed by atoms with Gasteiger partial charge in [0.25, 0.3) is 5.91 Å². The zero-order valence-electron chi connectivity index (χ0n) is 14.3. The first-order valence-electron chi connectivity index (χ1n) is 8.39. The summed E-state index contributed by atoms with van der Waals surface area (Å²) >= 11 is 0. The number of hydrogen-bond donors (Lipinski definition) is 4. The molecule has 132 valence electrons. The first-order valence-corrected chi connectivity index (χ1v) is 8.39. The van der Waals surface area contributed by atoms with E-state index in [0.29, 0.717) is 19.0 Å². The topological polar surface area (TPSA) is 86.1 Å². The van der Waals surface area contributed by atoms with E-state index < -0.39 is 6.03 Å². The van der Waals surface area contributed by atoms with Gasteiger partial charge in [-0.25, -0.2) is 4.79 Å². The van der Waals surface area contributed by atoms with Gasteiger partial charge in [-0.3, -0.25) is 10.1 Å². The second-order valence-corrected chi connectivity index (χ2v) is 6.58. The average Bonchev–Trinajstić information content (AvgIpc) is 2.54.